The third kappa shape index (κ3) is 6.01. The Morgan fingerprint density at radius 3 is 2.15 bits per heavy atom. The van der Waals surface area contributed by atoms with Gasteiger partial charge in [-0.2, -0.15) is 0 Å². The molecule has 0 aliphatic rings. The topological polar surface area (TPSA) is 113 Å². The summed E-state index contributed by atoms with van der Waals surface area (Å²) in [5.41, 5.74) is 4.94. The molecule has 0 aromatic rings. The van der Waals surface area contributed by atoms with E-state index in [1.54, 1.807) is 20.9 Å². The molecule has 7 heteroatoms. The second kappa shape index (κ2) is 7.84. The van der Waals surface area contributed by atoms with E-state index in [-0.39, 0.29) is 36.7 Å². The second-order valence-electron chi connectivity index (χ2n) is 5.73. The van der Waals surface area contributed by atoms with Gasteiger partial charge in [0, 0.05) is 13.6 Å². The molecule has 0 rings (SSSR count). The van der Waals surface area contributed by atoms with Gasteiger partial charge in [-0.15, -0.1) is 0 Å². The van der Waals surface area contributed by atoms with Crippen LogP contribution in [0.15, 0.2) is 0 Å². The summed E-state index contributed by atoms with van der Waals surface area (Å²) >= 11 is 0. The van der Waals surface area contributed by atoms with Gasteiger partial charge in [-0.25, -0.2) is 0 Å². The first-order valence-electron chi connectivity index (χ1n) is 6.64. The van der Waals surface area contributed by atoms with Crippen molar-refractivity contribution in [2.75, 3.05) is 20.1 Å². The highest BCUT2D eigenvalue weighted by Crippen LogP contribution is 2.12. The number of hydrogen-bond acceptors (Lipinski definition) is 4. The lowest BCUT2D eigenvalue weighted by Gasteiger charge is -2.23. The van der Waals surface area contributed by atoms with Gasteiger partial charge in [0.15, 0.2) is 0 Å². The fraction of sp³-hybridized carbons (Fsp3) is 0.769. The Morgan fingerprint density at radius 2 is 1.70 bits per heavy atom. The van der Waals surface area contributed by atoms with Crippen LogP contribution in [0, 0.1) is 11.3 Å². The Morgan fingerprint density at radius 1 is 1.15 bits per heavy atom. The Bertz CT molecular complexity index is 367. The molecule has 0 radical (unpaired) electrons. The Kier molecular flexibility index (Phi) is 7.20. The highest BCUT2D eigenvalue weighted by Gasteiger charge is 2.27. The molecule has 0 aliphatic carbocycles. The van der Waals surface area contributed by atoms with E-state index in [9.17, 15) is 14.4 Å². The van der Waals surface area contributed by atoms with Crippen LogP contribution in [0.25, 0.3) is 0 Å². The Hall–Kier alpha value is -1.63. The summed E-state index contributed by atoms with van der Waals surface area (Å²) in [4.78, 5) is 34.7. The number of carbonyl (C=O) groups is 3. The molecule has 5 N–H and O–H groups in total. The Labute approximate surface area is 120 Å². The van der Waals surface area contributed by atoms with Crippen LogP contribution in [-0.4, -0.2) is 43.9 Å². The number of nitrogens with one attached hydrogen (secondary N) is 3. The highest BCUT2D eigenvalue weighted by atomic mass is 16.2. The van der Waals surface area contributed by atoms with Gasteiger partial charge in [-0.05, 0) is 19.8 Å². The zero-order chi connectivity index (χ0) is 15.9. The lowest BCUT2D eigenvalue weighted by molar-refractivity contribution is -0.130. The first-order chi connectivity index (χ1) is 9.11. The monoisotopic (exact) mass is 286 g/mol. The minimum absolute atomic E-state index is 0.00486. The van der Waals surface area contributed by atoms with Crippen LogP contribution in [0.1, 0.15) is 27.7 Å². The van der Waals surface area contributed by atoms with Gasteiger partial charge < -0.3 is 21.7 Å². The summed E-state index contributed by atoms with van der Waals surface area (Å²) in [6, 6.07) is -0.634. The number of rotatable bonds is 7. The molecule has 0 heterocycles. The molecular weight excluding hydrogens is 260 g/mol. The number of nitrogens with two attached hydrogens (primary N) is 1. The van der Waals surface area contributed by atoms with E-state index in [4.69, 9.17) is 5.73 Å². The molecule has 0 fully saturated rings. The van der Waals surface area contributed by atoms with Gasteiger partial charge in [-0.1, -0.05) is 13.8 Å². The standard InChI is InChI=1S/C13H26N4O3/c1-8(2)10(14)11(19)16-6-9(18)17-7-13(3,4)12(20)15-5/h8,10H,6-7,14H2,1-5H3,(H,15,20)(H,16,19)(H,17,18)/t10-/m0/s1. The molecule has 0 aromatic carbocycles. The molecule has 0 aliphatic heterocycles. The van der Waals surface area contributed by atoms with Gasteiger partial charge >= 0.3 is 0 Å². The van der Waals surface area contributed by atoms with Gasteiger partial charge in [0.2, 0.25) is 17.7 Å². The lowest BCUT2D eigenvalue weighted by Crippen LogP contribution is -2.49. The van der Waals surface area contributed by atoms with Gasteiger partial charge in [0.1, 0.15) is 0 Å². The summed E-state index contributed by atoms with van der Waals surface area (Å²) in [6.45, 7) is 7.14. The quantitative estimate of drug-likeness (QED) is 0.479. The van der Waals surface area contributed by atoms with E-state index in [0.717, 1.165) is 0 Å². The number of hydrogen-bond donors (Lipinski definition) is 4. The average molecular weight is 286 g/mol. The van der Waals surface area contributed by atoms with Crippen molar-refractivity contribution in [2.24, 2.45) is 17.1 Å². The number of carbonyl (C=O) groups excluding carboxylic acids is 3. The summed E-state index contributed by atoms with van der Waals surface area (Å²) in [7, 11) is 1.54. The van der Waals surface area contributed by atoms with E-state index in [0.29, 0.717) is 0 Å². The predicted molar refractivity (Wildman–Crippen MR) is 76.7 cm³/mol. The molecule has 20 heavy (non-hydrogen) atoms. The summed E-state index contributed by atoms with van der Waals surface area (Å²) in [6.07, 6.45) is 0. The fourth-order valence-corrected chi connectivity index (χ4v) is 1.39. The van der Waals surface area contributed by atoms with Crippen LogP contribution in [0.2, 0.25) is 0 Å². The van der Waals surface area contributed by atoms with E-state index < -0.39 is 11.5 Å². The van der Waals surface area contributed by atoms with Crippen LogP contribution in [-0.2, 0) is 14.4 Å². The van der Waals surface area contributed by atoms with Crippen molar-refractivity contribution in [3.8, 4) is 0 Å². The first kappa shape index (κ1) is 18.4. The fourth-order valence-electron chi connectivity index (χ4n) is 1.39. The smallest absolute Gasteiger partial charge is 0.239 e. The molecule has 0 saturated heterocycles. The lowest BCUT2D eigenvalue weighted by atomic mass is 9.92. The van der Waals surface area contributed by atoms with E-state index in [1.165, 1.54) is 0 Å². The molecule has 1 atom stereocenters. The van der Waals surface area contributed by atoms with Crippen molar-refractivity contribution < 1.29 is 14.4 Å². The molecule has 0 bridgehead atoms. The summed E-state index contributed by atoms with van der Waals surface area (Å²) in [5.74, 6) is -0.874. The SMILES string of the molecule is CNC(=O)C(C)(C)CNC(=O)CNC(=O)[C@@H](N)C(C)C. The van der Waals surface area contributed by atoms with Crippen LogP contribution in [0.4, 0.5) is 0 Å². The summed E-state index contributed by atoms with van der Waals surface area (Å²) < 4.78 is 0. The van der Waals surface area contributed by atoms with Gasteiger partial charge in [-0.3, -0.25) is 14.4 Å². The van der Waals surface area contributed by atoms with Crippen molar-refractivity contribution in [2.45, 2.75) is 33.7 Å². The maximum absolute atomic E-state index is 11.6. The molecular formula is C13H26N4O3. The first-order valence-corrected chi connectivity index (χ1v) is 6.64. The molecule has 0 spiro atoms. The minimum atomic E-state index is -0.706. The third-order valence-corrected chi connectivity index (χ3v) is 3.01. The van der Waals surface area contributed by atoms with Gasteiger partial charge in [0.05, 0.1) is 18.0 Å². The molecule has 116 valence electrons. The zero-order valence-corrected chi connectivity index (χ0v) is 12.9. The second-order valence-corrected chi connectivity index (χ2v) is 5.73. The molecule has 0 unspecified atom stereocenters. The van der Waals surface area contributed by atoms with Crippen molar-refractivity contribution in [3.05, 3.63) is 0 Å². The van der Waals surface area contributed by atoms with Crippen LogP contribution < -0.4 is 21.7 Å². The van der Waals surface area contributed by atoms with E-state index in [2.05, 4.69) is 16.0 Å². The van der Waals surface area contributed by atoms with Crippen molar-refractivity contribution in [1.82, 2.24) is 16.0 Å². The third-order valence-electron chi connectivity index (χ3n) is 3.01. The highest BCUT2D eigenvalue weighted by molar-refractivity contribution is 5.88. The largest absolute Gasteiger partial charge is 0.359 e. The number of amides is 3. The van der Waals surface area contributed by atoms with Crippen LogP contribution in [0.5, 0.6) is 0 Å². The molecule has 0 saturated carbocycles. The van der Waals surface area contributed by atoms with Gasteiger partial charge in [0.25, 0.3) is 0 Å². The van der Waals surface area contributed by atoms with Crippen molar-refractivity contribution in [3.63, 3.8) is 0 Å². The van der Waals surface area contributed by atoms with Crippen LogP contribution >= 0.6 is 0 Å². The molecule has 7 nitrogen and oxygen atoms in total. The minimum Gasteiger partial charge on any atom is -0.359 e. The van der Waals surface area contributed by atoms with E-state index in [1.807, 2.05) is 13.8 Å². The maximum atomic E-state index is 11.6. The zero-order valence-electron chi connectivity index (χ0n) is 12.9. The molecule has 0 aromatic heterocycles. The Balaban J connectivity index is 4.14. The maximum Gasteiger partial charge on any atom is 0.239 e. The average Bonchev–Trinajstić information content (AvgIpc) is 2.40. The van der Waals surface area contributed by atoms with Crippen molar-refractivity contribution in [1.29, 1.82) is 0 Å². The predicted octanol–water partition coefficient (Wildman–Crippen LogP) is -1.03. The van der Waals surface area contributed by atoms with Crippen LogP contribution in [0.3, 0.4) is 0 Å². The molecule has 3 amide bonds. The van der Waals surface area contributed by atoms with E-state index >= 15 is 0 Å². The van der Waals surface area contributed by atoms with Crippen molar-refractivity contribution >= 4 is 17.7 Å². The normalized spacial score (nSPS) is 12.8. The summed E-state index contributed by atoms with van der Waals surface area (Å²) in [5, 5.41) is 7.60.